The van der Waals surface area contributed by atoms with Gasteiger partial charge in [-0.05, 0) is 44.1 Å². The molecule has 4 aliphatic rings. The van der Waals surface area contributed by atoms with E-state index in [1.165, 1.54) is 33.0 Å². The topological polar surface area (TPSA) is 72.0 Å². The van der Waals surface area contributed by atoms with Gasteiger partial charge in [0.2, 0.25) is 15.9 Å². The summed E-state index contributed by atoms with van der Waals surface area (Å²) in [6.07, 6.45) is 4.38. The SMILES string of the molecule is COc1ccc(S(=O)(=O)N2CCC3(CC2)CC(N2CC4(COC4)C2)C3)c(C)n1. The molecule has 28 heavy (non-hydrogen) atoms. The summed E-state index contributed by atoms with van der Waals surface area (Å²) in [6, 6.07) is 3.93. The average Bonchev–Trinajstić information content (AvgIpc) is 2.57. The highest BCUT2D eigenvalue weighted by Gasteiger charge is 2.56. The number of aromatic nitrogens is 1. The van der Waals surface area contributed by atoms with E-state index in [1.54, 1.807) is 23.4 Å². The normalized spacial score (nSPS) is 27.2. The summed E-state index contributed by atoms with van der Waals surface area (Å²) in [4.78, 5) is 7.14. The van der Waals surface area contributed by atoms with E-state index in [4.69, 9.17) is 9.47 Å². The van der Waals surface area contributed by atoms with E-state index in [9.17, 15) is 8.42 Å². The molecule has 154 valence electrons. The molecule has 1 aromatic heterocycles. The van der Waals surface area contributed by atoms with Gasteiger partial charge in [0.25, 0.3) is 0 Å². The molecule has 0 aromatic carbocycles. The first-order valence-electron chi connectivity index (χ1n) is 10.2. The van der Waals surface area contributed by atoms with Crippen LogP contribution in [0.2, 0.25) is 0 Å². The van der Waals surface area contributed by atoms with Crippen LogP contribution in [0.3, 0.4) is 0 Å². The highest BCUT2D eigenvalue weighted by atomic mass is 32.2. The molecular weight excluding hydrogens is 378 g/mol. The van der Waals surface area contributed by atoms with Gasteiger partial charge in [-0.15, -0.1) is 0 Å². The quantitative estimate of drug-likeness (QED) is 0.756. The van der Waals surface area contributed by atoms with E-state index in [-0.39, 0.29) is 0 Å². The number of nitrogens with zero attached hydrogens (tertiary/aromatic N) is 3. The van der Waals surface area contributed by atoms with Crippen molar-refractivity contribution in [2.45, 2.75) is 43.5 Å². The summed E-state index contributed by atoms with van der Waals surface area (Å²) in [6.45, 7) is 7.21. The fourth-order valence-corrected chi connectivity index (χ4v) is 7.11. The third kappa shape index (κ3) is 2.88. The lowest BCUT2D eigenvalue weighted by atomic mass is 9.59. The fraction of sp³-hybridized carbons (Fsp3) is 0.750. The number of rotatable bonds is 4. The first-order chi connectivity index (χ1) is 13.3. The van der Waals surface area contributed by atoms with E-state index in [0.29, 0.717) is 46.4 Å². The second-order valence-corrected chi connectivity index (χ2v) is 11.2. The summed E-state index contributed by atoms with van der Waals surface area (Å²) in [5.74, 6) is 0.441. The Kier molecular flexibility index (Phi) is 4.29. The fourth-order valence-electron chi connectivity index (χ4n) is 5.50. The smallest absolute Gasteiger partial charge is 0.244 e. The van der Waals surface area contributed by atoms with Crippen molar-refractivity contribution in [3.8, 4) is 5.88 Å². The van der Waals surface area contributed by atoms with Gasteiger partial charge in [-0.3, -0.25) is 4.90 Å². The van der Waals surface area contributed by atoms with Crippen LogP contribution in [0.15, 0.2) is 17.0 Å². The largest absolute Gasteiger partial charge is 0.481 e. The Morgan fingerprint density at radius 1 is 1.14 bits per heavy atom. The lowest BCUT2D eigenvalue weighted by molar-refractivity contribution is -0.215. The lowest BCUT2D eigenvalue weighted by Crippen LogP contribution is -2.70. The predicted octanol–water partition coefficient (Wildman–Crippen LogP) is 1.66. The van der Waals surface area contributed by atoms with Gasteiger partial charge in [-0.25, -0.2) is 13.4 Å². The van der Waals surface area contributed by atoms with E-state index in [2.05, 4.69) is 9.88 Å². The average molecular weight is 408 g/mol. The van der Waals surface area contributed by atoms with Gasteiger partial charge < -0.3 is 9.47 Å². The summed E-state index contributed by atoms with van der Waals surface area (Å²) in [5.41, 5.74) is 1.32. The minimum Gasteiger partial charge on any atom is -0.481 e. The molecule has 4 heterocycles. The van der Waals surface area contributed by atoms with Gasteiger partial charge in [0.05, 0.1) is 26.0 Å². The number of hydrogen-bond acceptors (Lipinski definition) is 6. The van der Waals surface area contributed by atoms with Crippen molar-refractivity contribution < 1.29 is 17.9 Å². The number of methoxy groups -OCH3 is 1. The summed E-state index contributed by atoms with van der Waals surface area (Å²) in [7, 11) is -1.96. The predicted molar refractivity (Wildman–Crippen MR) is 104 cm³/mol. The molecule has 5 rings (SSSR count). The van der Waals surface area contributed by atoms with Gasteiger partial charge in [0, 0.05) is 43.7 Å². The highest BCUT2D eigenvalue weighted by Crippen LogP contribution is 2.54. The molecule has 0 N–H and O–H groups in total. The van der Waals surface area contributed by atoms with Crippen molar-refractivity contribution in [1.82, 2.24) is 14.2 Å². The molecule has 0 amide bonds. The zero-order chi connectivity index (χ0) is 19.6. The molecule has 1 aliphatic carbocycles. The Morgan fingerprint density at radius 3 is 2.36 bits per heavy atom. The van der Waals surface area contributed by atoms with Crippen LogP contribution in [0.5, 0.6) is 5.88 Å². The first-order valence-corrected chi connectivity index (χ1v) is 11.6. The second-order valence-electron chi connectivity index (χ2n) is 9.30. The van der Waals surface area contributed by atoms with Gasteiger partial charge in [0.15, 0.2) is 0 Å². The van der Waals surface area contributed by atoms with E-state index in [0.717, 1.165) is 26.1 Å². The van der Waals surface area contributed by atoms with Crippen LogP contribution in [0.1, 0.15) is 31.4 Å². The molecule has 1 saturated carbocycles. The van der Waals surface area contributed by atoms with Crippen molar-refractivity contribution in [3.05, 3.63) is 17.8 Å². The molecule has 8 heteroatoms. The Bertz CT molecular complexity index is 859. The number of sulfonamides is 1. The molecule has 0 atom stereocenters. The van der Waals surface area contributed by atoms with Crippen LogP contribution < -0.4 is 4.74 Å². The Hall–Kier alpha value is -1.22. The van der Waals surface area contributed by atoms with Crippen molar-refractivity contribution in [2.24, 2.45) is 10.8 Å². The van der Waals surface area contributed by atoms with Crippen LogP contribution in [0, 0.1) is 17.8 Å². The number of hydrogen-bond donors (Lipinski definition) is 0. The van der Waals surface area contributed by atoms with Crippen molar-refractivity contribution >= 4 is 10.0 Å². The van der Waals surface area contributed by atoms with Crippen molar-refractivity contribution in [3.63, 3.8) is 0 Å². The van der Waals surface area contributed by atoms with Gasteiger partial charge >= 0.3 is 0 Å². The summed E-state index contributed by atoms with van der Waals surface area (Å²) < 4.78 is 38.3. The second kappa shape index (κ2) is 6.39. The minimum absolute atomic E-state index is 0.296. The summed E-state index contributed by atoms with van der Waals surface area (Å²) in [5, 5.41) is 0. The van der Waals surface area contributed by atoms with Gasteiger partial charge in [-0.2, -0.15) is 4.31 Å². The van der Waals surface area contributed by atoms with E-state index < -0.39 is 10.0 Å². The Labute approximate surface area is 167 Å². The Morgan fingerprint density at radius 2 is 1.82 bits per heavy atom. The molecule has 3 aliphatic heterocycles. The third-order valence-corrected chi connectivity index (χ3v) is 9.40. The van der Waals surface area contributed by atoms with E-state index >= 15 is 0 Å². The number of pyridine rings is 1. The molecule has 1 aromatic rings. The van der Waals surface area contributed by atoms with Crippen LogP contribution in [-0.2, 0) is 14.8 Å². The summed E-state index contributed by atoms with van der Waals surface area (Å²) >= 11 is 0. The third-order valence-electron chi connectivity index (χ3n) is 7.37. The molecule has 0 bridgehead atoms. The molecular formula is C20H29N3O4S. The maximum absolute atomic E-state index is 13.1. The zero-order valence-corrected chi connectivity index (χ0v) is 17.5. The number of ether oxygens (including phenoxy) is 2. The molecule has 0 radical (unpaired) electrons. The maximum atomic E-state index is 13.1. The van der Waals surface area contributed by atoms with Gasteiger partial charge in [-0.1, -0.05) is 0 Å². The monoisotopic (exact) mass is 407 g/mol. The van der Waals surface area contributed by atoms with Crippen LogP contribution in [0.25, 0.3) is 0 Å². The molecule has 0 unspecified atom stereocenters. The van der Waals surface area contributed by atoms with Crippen molar-refractivity contribution in [2.75, 3.05) is 46.5 Å². The Balaban J connectivity index is 1.18. The highest BCUT2D eigenvalue weighted by molar-refractivity contribution is 7.89. The minimum atomic E-state index is -3.50. The molecule has 3 saturated heterocycles. The maximum Gasteiger partial charge on any atom is 0.244 e. The van der Waals surface area contributed by atoms with E-state index in [1.807, 2.05) is 0 Å². The van der Waals surface area contributed by atoms with Crippen LogP contribution in [-0.4, -0.2) is 75.2 Å². The number of aryl methyl sites for hydroxylation is 1. The number of piperidine rings is 1. The van der Waals surface area contributed by atoms with Crippen molar-refractivity contribution in [1.29, 1.82) is 0 Å². The molecule has 7 nitrogen and oxygen atoms in total. The first kappa shape index (κ1) is 18.8. The zero-order valence-electron chi connectivity index (χ0n) is 16.7. The van der Waals surface area contributed by atoms with Crippen LogP contribution in [0.4, 0.5) is 0 Å². The standard InChI is InChI=1S/C20H29N3O4S/c1-15-17(3-4-18(21-15)26-2)28(24,25)23-7-5-19(6-8-23)9-16(10-19)22-11-20(12-22)13-27-14-20/h3-4,16H,5-14H2,1-2H3. The van der Waals surface area contributed by atoms with Crippen LogP contribution >= 0.6 is 0 Å². The lowest BCUT2D eigenvalue weighted by Gasteiger charge is -2.63. The number of likely N-dealkylation sites (tertiary alicyclic amines) is 1. The molecule has 4 fully saturated rings. The molecule has 2 spiro atoms. The van der Waals surface area contributed by atoms with Gasteiger partial charge in [0.1, 0.15) is 4.90 Å².